The van der Waals surface area contributed by atoms with Crippen LogP contribution >= 0.6 is 22.6 Å². The number of aromatic nitrogens is 2. The van der Waals surface area contributed by atoms with Crippen molar-refractivity contribution in [1.29, 1.82) is 0 Å². The third-order valence-corrected chi connectivity index (χ3v) is 1.88. The van der Waals surface area contributed by atoms with Gasteiger partial charge in [-0.1, -0.05) is 0 Å². The van der Waals surface area contributed by atoms with E-state index < -0.39 is 0 Å². The Kier molecular flexibility index (Phi) is 2.75. The molecule has 1 aromatic rings. The fourth-order valence-corrected chi connectivity index (χ4v) is 1.10. The van der Waals surface area contributed by atoms with Gasteiger partial charge in [0.1, 0.15) is 3.70 Å². The van der Waals surface area contributed by atoms with Gasteiger partial charge < -0.3 is 4.74 Å². The molecule has 5 heteroatoms. The maximum absolute atomic E-state index is 10.9. The van der Waals surface area contributed by atoms with Crippen molar-refractivity contribution >= 4 is 28.6 Å². The van der Waals surface area contributed by atoms with Crippen molar-refractivity contribution in [2.45, 2.75) is 0 Å². The van der Waals surface area contributed by atoms with Gasteiger partial charge in [-0.05, 0) is 28.7 Å². The molecule has 4 nitrogen and oxygen atoms in total. The summed E-state index contributed by atoms with van der Waals surface area (Å²) in [5, 5.41) is 7.28. The fraction of sp³-hybridized carbons (Fsp3) is 0.167. The van der Waals surface area contributed by atoms with Crippen LogP contribution in [-0.4, -0.2) is 23.3 Å². The van der Waals surface area contributed by atoms with Crippen molar-refractivity contribution in [1.82, 2.24) is 10.2 Å². The van der Waals surface area contributed by atoms with Gasteiger partial charge in [-0.25, -0.2) is 4.79 Å². The van der Waals surface area contributed by atoms with Gasteiger partial charge >= 0.3 is 5.97 Å². The van der Waals surface area contributed by atoms with E-state index in [1.165, 1.54) is 13.3 Å². The Labute approximate surface area is 77.1 Å². The summed E-state index contributed by atoms with van der Waals surface area (Å²) in [4.78, 5) is 10.9. The second-order valence-corrected chi connectivity index (χ2v) is 2.75. The van der Waals surface area contributed by atoms with E-state index in [9.17, 15) is 4.79 Å². The molecular formula is C6H5IN2O2. The summed E-state index contributed by atoms with van der Waals surface area (Å²) in [6, 6.07) is 1.57. The van der Waals surface area contributed by atoms with E-state index in [-0.39, 0.29) is 5.97 Å². The van der Waals surface area contributed by atoms with Gasteiger partial charge in [0.15, 0.2) is 0 Å². The van der Waals surface area contributed by atoms with Gasteiger partial charge in [-0.2, -0.15) is 5.10 Å². The number of ether oxygens (including phenoxy) is 1. The molecule has 0 amide bonds. The highest BCUT2D eigenvalue weighted by Crippen LogP contribution is 2.07. The lowest BCUT2D eigenvalue weighted by Crippen LogP contribution is -2.05. The predicted molar refractivity (Wildman–Crippen MR) is 46.1 cm³/mol. The van der Waals surface area contributed by atoms with Crippen LogP contribution in [0.1, 0.15) is 10.4 Å². The van der Waals surface area contributed by atoms with Crippen LogP contribution < -0.4 is 0 Å². The van der Waals surface area contributed by atoms with Crippen molar-refractivity contribution < 1.29 is 9.53 Å². The summed E-state index contributed by atoms with van der Waals surface area (Å²) in [6.45, 7) is 0. The van der Waals surface area contributed by atoms with Crippen molar-refractivity contribution in [2.75, 3.05) is 7.11 Å². The van der Waals surface area contributed by atoms with Crippen molar-refractivity contribution in [2.24, 2.45) is 0 Å². The summed E-state index contributed by atoms with van der Waals surface area (Å²) in [5.74, 6) is -0.385. The Balaban J connectivity index is 3.03. The van der Waals surface area contributed by atoms with Gasteiger partial charge in [0.25, 0.3) is 0 Å². The standard InChI is InChI=1S/C6H5IN2O2/c1-11-6(10)4-2-3-8-9-5(4)7/h2-3H,1H3. The molecule has 1 heterocycles. The second-order valence-electron chi connectivity index (χ2n) is 1.73. The minimum Gasteiger partial charge on any atom is -0.465 e. The summed E-state index contributed by atoms with van der Waals surface area (Å²) < 4.78 is 5.06. The highest BCUT2D eigenvalue weighted by Gasteiger charge is 2.09. The monoisotopic (exact) mass is 264 g/mol. The molecule has 0 fully saturated rings. The zero-order chi connectivity index (χ0) is 8.27. The van der Waals surface area contributed by atoms with Crippen LogP contribution in [-0.2, 0) is 4.74 Å². The predicted octanol–water partition coefficient (Wildman–Crippen LogP) is 0.868. The number of rotatable bonds is 1. The van der Waals surface area contributed by atoms with Gasteiger partial charge in [0, 0.05) is 0 Å². The van der Waals surface area contributed by atoms with Gasteiger partial charge in [-0.3, -0.25) is 0 Å². The number of hydrogen-bond acceptors (Lipinski definition) is 4. The molecule has 1 rings (SSSR count). The first kappa shape index (κ1) is 8.38. The Morgan fingerprint density at radius 3 is 3.00 bits per heavy atom. The first-order valence-electron chi connectivity index (χ1n) is 2.81. The molecule has 0 aromatic carbocycles. The van der Waals surface area contributed by atoms with Crippen LogP contribution in [0.5, 0.6) is 0 Å². The molecule has 0 bridgehead atoms. The molecule has 0 saturated carbocycles. The topological polar surface area (TPSA) is 52.1 Å². The maximum atomic E-state index is 10.9. The quantitative estimate of drug-likeness (QED) is 0.557. The summed E-state index contributed by atoms with van der Waals surface area (Å²) in [5.41, 5.74) is 0.447. The molecule has 0 aliphatic carbocycles. The number of methoxy groups -OCH3 is 1. The SMILES string of the molecule is COC(=O)c1ccnnc1I. The van der Waals surface area contributed by atoms with Crippen LogP contribution in [0.25, 0.3) is 0 Å². The van der Waals surface area contributed by atoms with E-state index in [4.69, 9.17) is 0 Å². The zero-order valence-electron chi connectivity index (χ0n) is 5.74. The van der Waals surface area contributed by atoms with Gasteiger partial charge in [-0.15, -0.1) is 5.10 Å². The molecule has 0 spiro atoms. The summed E-state index contributed by atoms with van der Waals surface area (Å²) in [6.07, 6.45) is 1.45. The smallest absolute Gasteiger partial charge is 0.340 e. The molecular weight excluding hydrogens is 259 g/mol. The van der Waals surface area contributed by atoms with Crippen LogP contribution in [0.2, 0.25) is 0 Å². The largest absolute Gasteiger partial charge is 0.465 e. The zero-order valence-corrected chi connectivity index (χ0v) is 7.90. The number of nitrogens with zero attached hydrogens (tertiary/aromatic N) is 2. The van der Waals surface area contributed by atoms with Crippen molar-refractivity contribution in [3.63, 3.8) is 0 Å². The first-order chi connectivity index (χ1) is 5.25. The molecule has 0 radical (unpaired) electrons. The Morgan fingerprint density at radius 1 is 1.73 bits per heavy atom. The minimum absolute atomic E-state index is 0.385. The Morgan fingerprint density at radius 2 is 2.45 bits per heavy atom. The third kappa shape index (κ3) is 1.86. The van der Waals surface area contributed by atoms with E-state index >= 15 is 0 Å². The Bertz CT molecular complexity index is 277. The van der Waals surface area contributed by atoms with E-state index in [0.717, 1.165) is 0 Å². The average molecular weight is 264 g/mol. The number of halogens is 1. The highest BCUT2D eigenvalue weighted by atomic mass is 127. The van der Waals surface area contributed by atoms with Gasteiger partial charge in [0.05, 0.1) is 18.9 Å². The number of hydrogen-bond donors (Lipinski definition) is 0. The number of carbonyl (C=O) groups is 1. The van der Waals surface area contributed by atoms with E-state index in [0.29, 0.717) is 9.26 Å². The van der Waals surface area contributed by atoms with Crippen molar-refractivity contribution in [3.8, 4) is 0 Å². The fourth-order valence-electron chi connectivity index (χ4n) is 0.577. The van der Waals surface area contributed by atoms with E-state index in [2.05, 4.69) is 14.9 Å². The molecule has 11 heavy (non-hydrogen) atoms. The van der Waals surface area contributed by atoms with Gasteiger partial charge in [0.2, 0.25) is 0 Å². The van der Waals surface area contributed by atoms with E-state index in [1.807, 2.05) is 22.6 Å². The molecule has 0 unspecified atom stereocenters. The first-order valence-corrected chi connectivity index (χ1v) is 3.89. The van der Waals surface area contributed by atoms with Crippen LogP contribution in [0.4, 0.5) is 0 Å². The lowest BCUT2D eigenvalue weighted by Gasteiger charge is -1.98. The highest BCUT2D eigenvalue weighted by molar-refractivity contribution is 14.1. The molecule has 58 valence electrons. The van der Waals surface area contributed by atoms with Crippen LogP contribution in [0, 0.1) is 3.70 Å². The Hall–Kier alpha value is -0.720. The lowest BCUT2D eigenvalue weighted by atomic mass is 10.3. The molecule has 0 aliphatic heterocycles. The molecule has 0 N–H and O–H groups in total. The van der Waals surface area contributed by atoms with E-state index in [1.54, 1.807) is 6.07 Å². The maximum Gasteiger partial charge on any atom is 0.340 e. The lowest BCUT2D eigenvalue weighted by molar-refractivity contribution is 0.0598. The van der Waals surface area contributed by atoms with Crippen molar-refractivity contribution in [3.05, 3.63) is 21.5 Å². The normalized spacial score (nSPS) is 9.27. The number of carbonyl (C=O) groups excluding carboxylic acids is 1. The molecule has 1 aromatic heterocycles. The third-order valence-electron chi connectivity index (χ3n) is 1.08. The molecule has 0 aliphatic rings. The molecule has 0 saturated heterocycles. The number of esters is 1. The minimum atomic E-state index is -0.385. The van der Waals surface area contributed by atoms with Crippen LogP contribution in [0.3, 0.4) is 0 Å². The second kappa shape index (κ2) is 3.61. The summed E-state index contributed by atoms with van der Waals surface area (Å²) >= 11 is 1.92. The summed E-state index contributed by atoms with van der Waals surface area (Å²) in [7, 11) is 1.33. The molecule has 0 atom stereocenters. The van der Waals surface area contributed by atoms with Crippen LogP contribution in [0.15, 0.2) is 12.3 Å². The average Bonchev–Trinajstić information content (AvgIpc) is 2.04.